The molecular weight excluding hydrogens is 273 g/mol. The molecule has 1 fully saturated rings. The summed E-state index contributed by atoms with van der Waals surface area (Å²) >= 11 is 0. The Morgan fingerprint density at radius 2 is 2.06 bits per heavy atom. The molecule has 0 radical (unpaired) electrons. The maximum atomic E-state index is 12.0. The molecule has 106 valence electrons. The molecule has 1 aliphatic heterocycles. The van der Waals surface area contributed by atoms with Crippen LogP contribution in [-0.2, 0) is 14.8 Å². The van der Waals surface area contributed by atoms with E-state index in [1.54, 1.807) is 5.32 Å². The molecule has 0 aromatic carbocycles. The van der Waals surface area contributed by atoms with Crippen molar-refractivity contribution in [1.82, 2.24) is 9.62 Å². The molecule has 5 nitrogen and oxygen atoms in total. The Labute approximate surface area is 103 Å². The highest BCUT2D eigenvalue weighted by Gasteiger charge is 2.38. The van der Waals surface area contributed by atoms with Gasteiger partial charge < -0.3 is 5.32 Å². The van der Waals surface area contributed by atoms with E-state index < -0.39 is 34.7 Å². The van der Waals surface area contributed by atoms with E-state index in [-0.39, 0.29) is 18.7 Å². The Kier molecular flexibility index (Phi) is 4.60. The largest absolute Gasteiger partial charge is 0.405 e. The molecule has 18 heavy (non-hydrogen) atoms. The van der Waals surface area contributed by atoms with E-state index in [2.05, 4.69) is 0 Å². The average molecular weight is 288 g/mol. The van der Waals surface area contributed by atoms with Gasteiger partial charge in [0.25, 0.3) is 0 Å². The van der Waals surface area contributed by atoms with Gasteiger partial charge in [0.2, 0.25) is 15.9 Å². The SMILES string of the molecule is CCS(=O)(=O)N1CCC[C@H]1C(=O)NCC(F)(F)F. The first-order valence-electron chi connectivity index (χ1n) is 5.51. The average Bonchev–Trinajstić information content (AvgIpc) is 2.74. The van der Waals surface area contributed by atoms with Gasteiger partial charge >= 0.3 is 6.18 Å². The molecule has 0 saturated carbocycles. The molecule has 9 heteroatoms. The van der Waals surface area contributed by atoms with Gasteiger partial charge in [-0.25, -0.2) is 8.42 Å². The van der Waals surface area contributed by atoms with Crippen LogP contribution in [0.15, 0.2) is 0 Å². The quantitative estimate of drug-likeness (QED) is 0.818. The van der Waals surface area contributed by atoms with Gasteiger partial charge in [-0.15, -0.1) is 0 Å². The zero-order valence-electron chi connectivity index (χ0n) is 9.83. The molecule has 1 aliphatic rings. The minimum atomic E-state index is -4.50. The van der Waals surface area contributed by atoms with E-state index in [4.69, 9.17) is 0 Å². The van der Waals surface area contributed by atoms with Gasteiger partial charge in [-0.1, -0.05) is 0 Å². The van der Waals surface area contributed by atoms with E-state index in [1.165, 1.54) is 6.92 Å². The summed E-state index contributed by atoms with van der Waals surface area (Å²) in [5.74, 6) is -1.06. The molecule has 0 bridgehead atoms. The fraction of sp³-hybridized carbons (Fsp3) is 0.889. The van der Waals surface area contributed by atoms with Crippen molar-refractivity contribution in [3.05, 3.63) is 0 Å². The monoisotopic (exact) mass is 288 g/mol. The number of nitrogens with zero attached hydrogens (tertiary/aromatic N) is 1. The molecule has 1 atom stereocenters. The topological polar surface area (TPSA) is 66.5 Å². The number of nitrogens with one attached hydrogen (secondary N) is 1. The molecule has 1 N–H and O–H groups in total. The van der Waals surface area contributed by atoms with E-state index in [1.807, 2.05) is 0 Å². The summed E-state index contributed by atoms with van der Waals surface area (Å²) in [7, 11) is -3.55. The van der Waals surface area contributed by atoms with Crippen molar-refractivity contribution in [2.24, 2.45) is 0 Å². The number of carbonyl (C=O) groups is 1. The summed E-state index contributed by atoms with van der Waals surface area (Å²) in [4.78, 5) is 11.5. The first-order valence-corrected chi connectivity index (χ1v) is 7.12. The molecule has 1 heterocycles. The lowest BCUT2D eigenvalue weighted by atomic mass is 10.2. The summed E-state index contributed by atoms with van der Waals surface area (Å²) < 4.78 is 60.1. The number of rotatable bonds is 4. The van der Waals surface area contributed by atoms with Crippen LogP contribution in [0, 0.1) is 0 Å². The summed E-state index contributed by atoms with van der Waals surface area (Å²) in [6.45, 7) is 0.168. The van der Waals surface area contributed by atoms with Crippen LogP contribution in [0.2, 0.25) is 0 Å². The minimum Gasteiger partial charge on any atom is -0.346 e. The molecule has 0 aromatic heterocycles. The highest BCUT2D eigenvalue weighted by Crippen LogP contribution is 2.22. The lowest BCUT2D eigenvalue weighted by Gasteiger charge is -2.22. The summed E-state index contributed by atoms with van der Waals surface area (Å²) in [6.07, 6.45) is -3.77. The van der Waals surface area contributed by atoms with E-state index in [9.17, 15) is 26.4 Å². The van der Waals surface area contributed by atoms with Crippen LogP contribution in [0.25, 0.3) is 0 Å². The van der Waals surface area contributed by atoms with E-state index in [0.29, 0.717) is 6.42 Å². The normalized spacial score (nSPS) is 22.1. The molecular formula is C9H15F3N2O3S. The van der Waals surface area contributed by atoms with E-state index >= 15 is 0 Å². The van der Waals surface area contributed by atoms with Crippen molar-refractivity contribution < 1.29 is 26.4 Å². The minimum absolute atomic E-state index is 0.171. The second-order valence-electron chi connectivity index (χ2n) is 4.00. The Morgan fingerprint density at radius 1 is 1.44 bits per heavy atom. The smallest absolute Gasteiger partial charge is 0.346 e. The van der Waals surface area contributed by atoms with Crippen molar-refractivity contribution in [3.8, 4) is 0 Å². The van der Waals surface area contributed by atoms with Crippen molar-refractivity contribution in [2.75, 3.05) is 18.8 Å². The highest BCUT2D eigenvalue weighted by molar-refractivity contribution is 7.89. The predicted octanol–water partition coefficient (Wildman–Crippen LogP) is 0.479. The van der Waals surface area contributed by atoms with Crippen molar-refractivity contribution in [1.29, 1.82) is 0 Å². The van der Waals surface area contributed by atoms with Gasteiger partial charge in [0.15, 0.2) is 0 Å². The highest BCUT2D eigenvalue weighted by atomic mass is 32.2. The molecule has 0 aliphatic carbocycles. The van der Waals surface area contributed by atoms with Crippen LogP contribution < -0.4 is 5.32 Å². The Hall–Kier alpha value is -0.830. The van der Waals surface area contributed by atoms with Gasteiger partial charge in [-0.3, -0.25) is 4.79 Å². The van der Waals surface area contributed by atoms with Crippen LogP contribution in [0.4, 0.5) is 13.2 Å². The van der Waals surface area contributed by atoms with Gasteiger partial charge in [-0.2, -0.15) is 17.5 Å². The number of hydrogen-bond donors (Lipinski definition) is 1. The standard InChI is InChI=1S/C9H15F3N2O3S/c1-2-18(16,17)14-5-3-4-7(14)8(15)13-6-9(10,11)12/h7H,2-6H2,1H3,(H,13,15)/t7-/m0/s1. The number of hydrogen-bond acceptors (Lipinski definition) is 3. The molecule has 0 spiro atoms. The van der Waals surface area contributed by atoms with Crippen LogP contribution in [0.5, 0.6) is 0 Å². The third-order valence-electron chi connectivity index (χ3n) is 2.69. The third-order valence-corrected chi connectivity index (χ3v) is 4.57. The number of alkyl halides is 3. The fourth-order valence-electron chi connectivity index (χ4n) is 1.81. The predicted molar refractivity (Wildman–Crippen MR) is 58.3 cm³/mol. The Morgan fingerprint density at radius 3 is 2.56 bits per heavy atom. The van der Waals surface area contributed by atoms with Crippen LogP contribution in [-0.4, -0.2) is 49.7 Å². The maximum Gasteiger partial charge on any atom is 0.405 e. The van der Waals surface area contributed by atoms with Gasteiger partial charge in [0.05, 0.1) is 5.75 Å². The maximum absolute atomic E-state index is 12.0. The van der Waals surface area contributed by atoms with Crippen molar-refractivity contribution in [2.45, 2.75) is 32.0 Å². The fourth-order valence-corrected chi connectivity index (χ4v) is 3.13. The third kappa shape index (κ3) is 3.84. The van der Waals surface area contributed by atoms with Gasteiger partial charge in [0.1, 0.15) is 12.6 Å². The number of carbonyl (C=O) groups excluding carboxylic acids is 1. The Balaban J connectivity index is 2.68. The molecule has 1 rings (SSSR count). The van der Waals surface area contributed by atoms with Crippen molar-refractivity contribution in [3.63, 3.8) is 0 Å². The first kappa shape index (κ1) is 15.2. The van der Waals surface area contributed by atoms with Crippen LogP contribution >= 0.6 is 0 Å². The van der Waals surface area contributed by atoms with Gasteiger partial charge in [0, 0.05) is 6.54 Å². The number of sulfonamides is 1. The molecule has 0 unspecified atom stereocenters. The molecule has 1 saturated heterocycles. The van der Waals surface area contributed by atoms with Crippen molar-refractivity contribution >= 4 is 15.9 Å². The van der Waals surface area contributed by atoms with Crippen LogP contribution in [0.1, 0.15) is 19.8 Å². The lowest BCUT2D eigenvalue weighted by Crippen LogP contribution is -2.48. The number of halogens is 3. The van der Waals surface area contributed by atoms with E-state index in [0.717, 1.165) is 4.31 Å². The molecule has 1 amide bonds. The number of amides is 1. The zero-order valence-corrected chi connectivity index (χ0v) is 10.6. The zero-order chi connectivity index (χ0) is 14.0. The first-order chi connectivity index (χ1) is 8.17. The van der Waals surface area contributed by atoms with Gasteiger partial charge in [-0.05, 0) is 19.8 Å². The second kappa shape index (κ2) is 5.43. The summed E-state index contributed by atoms with van der Waals surface area (Å²) in [5.41, 5.74) is 0. The summed E-state index contributed by atoms with van der Waals surface area (Å²) in [5, 5.41) is 1.72. The molecule has 0 aromatic rings. The Bertz CT molecular complexity index is 408. The lowest BCUT2D eigenvalue weighted by molar-refractivity contribution is -0.140. The second-order valence-corrected chi connectivity index (χ2v) is 6.21. The van der Waals surface area contributed by atoms with Crippen LogP contribution in [0.3, 0.4) is 0 Å². The summed E-state index contributed by atoms with van der Waals surface area (Å²) in [6, 6.07) is -1.02.